The Morgan fingerprint density at radius 1 is 1.34 bits per heavy atom. The molecule has 1 saturated heterocycles. The molecule has 0 aliphatic carbocycles. The second-order valence-electron chi connectivity index (χ2n) is 8.00. The van der Waals surface area contributed by atoms with Crippen LogP contribution in [0.2, 0.25) is 11.6 Å². The highest BCUT2D eigenvalue weighted by atomic mass is 32.1. The van der Waals surface area contributed by atoms with E-state index in [0.29, 0.717) is 18.9 Å². The second-order valence-corrected chi connectivity index (χ2v) is 8.98. The summed E-state index contributed by atoms with van der Waals surface area (Å²) < 4.78 is 10.9. The summed E-state index contributed by atoms with van der Waals surface area (Å²) in [7, 11) is 1.67. The molecule has 2 heterocycles. The van der Waals surface area contributed by atoms with Crippen molar-refractivity contribution in [2.24, 2.45) is 4.99 Å². The standard InChI is InChI=1S/C23H28BNO3S/c1-23(2)17-28-13-12-24(23)22(26)21(25-16-20-10-6-14-29-20)11-5-8-18-7-4-9-19(15-18)27-3/h4,6-7,9-11,14-16H,5,8,12-13,17H2,1-3H3/b21-11+,25-16+. The van der Waals surface area contributed by atoms with Crippen LogP contribution >= 0.6 is 11.3 Å². The van der Waals surface area contributed by atoms with Crippen molar-refractivity contribution in [1.29, 1.82) is 0 Å². The number of methoxy groups -OCH3 is 1. The van der Waals surface area contributed by atoms with Crippen LogP contribution < -0.4 is 4.74 Å². The highest BCUT2D eigenvalue weighted by Gasteiger charge is 2.42. The molecule has 0 amide bonds. The predicted octanol–water partition coefficient (Wildman–Crippen LogP) is 5.11. The molecule has 0 unspecified atom stereocenters. The molecule has 1 aromatic carbocycles. The monoisotopic (exact) mass is 409 g/mol. The molecule has 0 saturated carbocycles. The van der Waals surface area contributed by atoms with Crippen molar-refractivity contribution in [1.82, 2.24) is 0 Å². The van der Waals surface area contributed by atoms with Gasteiger partial charge in [0.05, 0.1) is 12.8 Å². The average molecular weight is 409 g/mol. The lowest BCUT2D eigenvalue weighted by Gasteiger charge is -2.34. The van der Waals surface area contributed by atoms with Gasteiger partial charge in [0.2, 0.25) is 6.71 Å². The zero-order chi connectivity index (χ0) is 20.7. The minimum absolute atomic E-state index is 0.0696. The molecule has 1 fully saturated rings. The molecule has 0 atom stereocenters. The second kappa shape index (κ2) is 10.0. The summed E-state index contributed by atoms with van der Waals surface area (Å²) in [6, 6.07) is 12.0. The van der Waals surface area contributed by atoms with E-state index < -0.39 is 0 Å². The van der Waals surface area contributed by atoms with E-state index in [1.54, 1.807) is 24.7 Å². The number of aryl methyl sites for hydroxylation is 1. The average Bonchev–Trinajstić information content (AvgIpc) is 3.23. The van der Waals surface area contributed by atoms with Gasteiger partial charge in [-0.15, -0.1) is 11.3 Å². The normalized spacial score (nSPS) is 16.9. The van der Waals surface area contributed by atoms with Crippen LogP contribution in [0.5, 0.6) is 5.75 Å². The van der Waals surface area contributed by atoms with Crippen LogP contribution in [-0.4, -0.2) is 38.9 Å². The summed E-state index contributed by atoms with van der Waals surface area (Å²) in [5.41, 5.74) is 1.86. The smallest absolute Gasteiger partial charge is 0.242 e. The number of carbonyl (C=O) groups excluding carboxylic acids is 1. The lowest BCUT2D eigenvalue weighted by atomic mass is 9.29. The fourth-order valence-corrected chi connectivity index (χ4v) is 4.20. The molecule has 6 heteroatoms. The van der Waals surface area contributed by atoms with Gasteiger partial charge in [-0.05, 0) is 53.6 Å². The molecule has 3 rings (SSSR count). The summed E-state index contributed by atoms with van der Waals surface area (Å²) in [5.74, 6) is 0.849. The molecular formula is C23H28BNO3S. The molecule has 4 nitrogen and oxygen atoms in total. The van der Waals surface area contributed by atoms with Crippen LogP contribution in [-0.2, 0) is 16.0 Å². The molecule has 1 aromatic heterocycles. The number of hydrogen-bond acceptors (Lipinski definition) is 5. The van der Waals surface area contributed by atoms with Gasteiger partial charge in [0.15, 0.2) is 0 Å². The van der Waals surface area contributed by atoms with Crippen molar-refractivity contribution in [3.05, 3.63) is 64.0 Å². The van der Waals surface area contributed by atoms with E-state index in [4.69, 9.17) is 9.47 Å². The van der Waals surface area contributed by atoms with Gasteiger partial charge in [-0.1, -0.05) is 38.1 Å². The predicted molar refractivity (Wildman–Crippen MR) is 122 cm³/mol. The Morgan fingerprint density at radius 3 is 2.93 bits per heavy atom. The number of rotatable bonds is 8. The topological polar surface area (TPSA) is 47.9 Å². The van der Waals surface area contributed by atoms with E-state index in [2.05, 4.69) is 24.9 Å². The van der Waals surface area contributed by atoms with Gasteiger partial charge in [-0.2, -0.15) is 0 Å². The number of thiophene rings is 1. The van der Waals surface area contributed by atoms with E-state index in [0.717, 1.165) is 29.8 Å². The van der Waals surface area contributed by atoms with Gasteiger partial charge in [0, 0.05) is 24.3 Å². The van der Waals surface area contributed by atoms with Gasteiger partial charge in [0.1, 0.15) is 11.4 Å². The van der Waals surface area contributed by atoms with Gasteiger partial charge >= 0.3 is 0 Å². The van der Waals surface area contributed by atoms with Crippen LogP contribution in [0.15, 0.2) is 58.5 Å². The third-order valence-corrected chi connectivity index (χ3v) is 6.12. The lowest BCUT2D eigenvalue weighted by Crippen LogP contribution is -2.44. The van der Waals surface area contributed by atoms with Crippen LogP contribution in [0, 0.1) is 0 Å². The van der Waals surface area contributed by atoms with E-state index in [-0.39, 0.29) is 17.7 Å². The summed E-state index contributed by atoms with van der Waals surface area (Å²) in [6.45, 7) is 5.37. The maximum atomic E-state index is 13.4. The molecule has 152 valence electrons. The van der Waals surface area contributed by atoms with Gasteiger partial charge in [0.25, 0.3) is 0 Å². The van der Waals surface area contributed by atoms with Crippen molar-refractivity contribution < 1.29 is 14.3 Å². The van der Waals surface area contributed by atoms with Crippen molar-refractivity contribution in [3.63, 3.8) is 0 Å². The van der Waals surface area contributed by atoms with E-state index >= 15 is 0 Å². The first-order valence-corrected chi connectivity index (χ1v) is 10.9. The zero-order valence-corrected chi connectivity index (χ0v) is 18.2. The van der Waals surface area contributed by atoms with Crippen LogP contribution in [0.4, 0.5) is 0 Å². The maximum absolute atomic E-state index is 13.4. The maximum Gasteiger partial charge on any atom is 0.242 e. The quantitative estimate of drug-likeness (QED) is 0.346. The molecule has 0 spiro atoms. The third-order valence-electron chi connectivity index (χ3n) is 5.32. The summed E-state index contributed by atoms with van der Waals surface area (Å²) >= 11 is 1.62. The molecule has 0 radical (unpaired) electrons. The highest BCUT2D eigenvalue weighted by molar-refractivity contribution is 7.11. The van der Waals surface area contributed by atoms with Crippen LogP contribution in [0.25, 0.3) is 0 Å². The van der Waals surface area contributed by atoms with E-state index in [1.807, 2.05) is 41.8 Å². The van der Waals surface area contributed by atoms with Gasteiger partial charge in [-0.3, -0.25) is 4.99 Å². The summed E-state index contributed by atoms with van der Waals surface area (Å²) in [5, 5.41) is 1.83. The van der Waals surface area contributed by atoms with Crippen molar-refractivity contribution in [2.75, 3.05) is 20.3 Å². The zero-order valence-electron chi connectivity index (χ0n) is 17.4. The molecule has 1 aliphatic rings. The fourth-order valence-electron chi connectivity index (χ4n) is 3.61. The number of hydrogen-bond donors (Lipinski definition) is 0. The van der Waals surface area contributed by atoms with Crippen LogP contribution in [0.1, 0.15) is 30.7 Å². The van der Waals surface area contributed by atoms with E-state index in [9.17, 15) is 4.79 Å². The number of nitrogens with zero attached hydrogens (tertiary/aromatic N) is 1. The molecule has 0 N–H and O–H groups in total. The highest BCUT2D eigenvalue weighted by Crippen LogP contribution is 2.36. The first-order chi connectivity index (χ1) is 14.0. The van der Waals surface area contributed by atoms with Crippen molar-refractivity contribution in [2.45, 2.75) is 38.3 Å². The van der Waals surface area contributed by atoms with Crippen molar-refractivity contribution in [3.8, 4) is 5.75 Å². The Hall–Kier alpha value is -2.18. The number of aliphatic imine (C=N–C) groups is 1. The van der Waals surface area contributed by atoms with E-state index in [1.165, 1.54) is 5.56 Å². The third kappa shape index (κ3) is 5.90. The number of allylic oxidation sites excluding steroid dienone is 2. The van der Waals surface area contributed by atoms with Crippen molar-refractivity contribution >= 4 is 29.9 Å². The molecule has 2 aromatic rings. The molecule has 1 aliphatic heterocycles. The minimum Gasteiger partial charge on any atom is -0.497 e. The lowest BCUT2D eigenvalue weighted by molar-refractivity contribution is -0.109. The van der Waals surface area contributed by atoms with Gasteiger partial charge in [-0.25, -0.2) is 0 Å². The van der Waals surface area contributed by atoms with Crippen LogP contribution in [0.3, 0.4) is 0 Å². The Labute approximate surface area is 177 Å². The summed E-state index contributed by atoms with van der Waals surface area (Å²) in [6.07, 6.45) is 6.11. The first-order valence-electron chi connectivity index (χ1n) is 10.0. The molecule has 0 bridgehead atoms. The SMILES string of the molecule is COc1cccc(CC/C=C(/N=C/c2cccs2)C(=O)B2CCOCC2(C)C)c1. The minimum atomic E-state index is -0.181. The Morgan fingerprint density at radius 2 is 2.21 bits per heavy atom. The number of ether oxygens (including phenoxy) is 2. The number of carbonyl (C=O) groups is 1. The van der Waals surface area contributed by atoms with Gasteiger partial charge < -0.3 is 14.3 Å². The largest absolute Gasteiger partial charge is 0.497 e. The number of benzene rings is 1. The Balaban J connectivity index is 1.78. The molecule has 29 heavy (non-hydrogen) atoms. The Kier molecular flexibility index (Phi) is 7.45. The Bertz CT molecular complexity index is 874. The first kappa shape index (κ1) is 21.5. The summed E-state index contributed by atoms with van der Waals surface area (Å²) in [4.78, 5) is 19.0. The fraction of sp³-hybridized carbons (Fsp3) is 0.391. The molecular weight excluding hydrogens is 381 g/mol.